The maximum atomic E-state index is 13.7. The molecule has 0 saturated carbocycles. The Morgan fingerprint density at radius 3 is 2.59 bits per heavy atom. The Bertz CT molecular complexity index is 557. The average molecular weight is 311 g/mol. The van der Waals surface area contributed by atoms with Gasteiger partial charge in [-0.1, -0.05) is 36.0 Å². The third-order valence-corrected chi connectivity index (χ3v) is 4.34. The number of benzene rings is 2. The van der Waals surface area contributed by atoms with Crippen LogP contribution in [0.15, 0.2) is 56.7 Å². The summed E-state index contributed by atoms with van der Waals surface area (Å²) in [5.74, 6) is -0.379. The molecule has 0 spiro atoms. The highest BCUT2D eigenvalue weighted by atomic mass is 79.9. The Labute approximate surface area is 111 Å². The van der Waals surface area contributed by atoms with Gasteiger partial charge in [0.1, 0.15) is 5.82 Å². The number of carbonyl (C=O) groups excluding carboxylic acids is 1. The fraction of sp³-hybridized carbons (Fsp3) is 0. The van der Waals surface area contributed by atoms with E-state index in [1.165, 1.54) is 23.9 Å². The number of halogens is 2. The van der Waals surface area contributed by atoms with Crippen LogP contribution in [0.2, 0.25) is 0 Å². The van der Waals surface area contributed by atoms with Gasteiger partial charge in [0.25, 0.3) is 0 Å². The van der Waals surface area contributed by atoms with Crippen molar-refractivity contribution in [1.82, 2.24) is 0 Å². The molecule has 0 amide bonds. The van der Waals surface area contributed by atoms with Crippen LogP contribution in [-0.4, -0.2) is 6.29 Å². The first-order valence-corrected chi connectivity index (χ1v) is 6.49. The first-order chi connectivity index (χ1) is 8.22. The molecule has 2 rings (SSSR count). The summed E-state index contributed by atoms with van der Waals surface area (Å²) in [5, 5.41) is 0. The predicted molar refractivity (Wildman–Crippen MR) is 70.1 cm³/mol. The molecule has 2 aromatic rings. The SMILES string of the molecule is O=Cc1cccc(F)c1Sc1ccccc1Br. The van der Waals surface area contributed by atoms with E-state index in [0.717, 1.165) is 9.37 Å². The second-order valence-electron chi connectivity index (χ2n) is 3.31. The fourth-order valence-corrected chi connectivity index (χ4v) is 2.82. The first kappa shape index (κ1) is 12.3. The second kappa shape index (κ2) is 5.47. The molecule has 4 heteroatoms. The largest absolute Gasteiger partial charge is 0.298 e. The molecule has 0 bridgehead atoms. The summed E-state index contributed by atoms with van der Waals surface area (Å²) in [4.78, 5) is 12.1. The van der Waals surface area contributed by atoms with Crippen LogP contribution in [0.25, 0.3) is 0 Å². The summed E-state index contributed by atoms with van der Waals surface area (Å²) in [6.07, 6.45) is 0.669. The monoisotopic (exact) mass is 310 g/mol. The lowest BCUT2D eigenvalue weighted by molar-refractivity contribution is 0.112. The second-order valence-corrected chi connectivity index (χ2v) is 5.22. The van der Waals surface area contributed by atoms with Crippen LogP contribution >= 0.6 is 27.7 Å². The van der Waals surface area contributed by atoms with Crippen LogP contribution in [0.5, 0.6) is 0 Å². The van der Waals surface area contributed by atoms with Crippen molar-refractivity contribution in [1.29, 1.82) is 0 Å². The number of hydrogen-bond acceptors (Lipinski definition) is 2. The molecule has 0 heterocycles. The van der Waals surface area contributed by atoms with E-state index in [1.807, 2.05) is 24.3 Å². The van der Waals surface area contributed by atoms with Gasteiger partial charge in [0.05, 0.1) is 4.90 Å². The third-order valence-electron chi connectivity index (χ3n) is 2.17. The van der Waals surface area contributed by atoms with Gasteiger partial charge in [0, 0.05) is 14.9 Å². The van der Waals surface area contributed by atoms with Gasteiger partial charge >= 0.3 is 0 Å². The molecule has 1 nitrogen and oxygen atoms in total. The molecule has 17 heavy (non-hydrogen) atoms. The summed E-state index contributed by atoms with van der Waals surface area (Å²) in [5.41, 5.74) is 0.366. The van der Waals surface area contributed by atoms with Crippen molar-refractivity contribution in [2.45, 2.75) is 9.79 Å². The van der Waals surface area contributed by atoms with Gasteiger partial charge in [0.15, 0.2) is 6.29 Å². The van der Waals surface area contributed by atoms with Crippen molar-refractivity contribution in [3.63, 3.8) is 0 Å². The molecular weight excluding hydrogens is 303 g/mol. The van der Waals surface area contributed by atoms with Gasteiger partial charge in [-0.05, 0) is 34.1 Å². The Morgan fingerprint density at radius 2 is 1.88 bits per heavy atom. The lowest BCUT2D eigenvalue weighted by Gasteiger charge is -2.07. The van der Waals surface area contributed by atoms with Gasteiger partial charge in [-0.2, -0.15) is 0 Å². The topological polar surface area (TPSA) is 17.1 Å². The van der Waals surface area contributed by atoms with E-state index in [0.29, 0.717) is 16.7 Å². The number of carbonyl (C=O) groups is 1. The number of aldehydes is 1. The number of rotatable bonds is 3. The summed E-state index contributed by atoms with van der Waals surface area (Å²) < 4.78 is 14.5. The summed E-state index contributed by atoms with van der Waals surface area (Å²) in [6.45, 7) is 0. The van der Waals surface area contributed by atoms with Crippen LogP contribution in [0.3, 0.4) is 0 Å². The molecule has 0 aliphatic rings. The molecule has 0 saturated heterocycles. The average Bonchev–Trinajstić information content (AvgIpc) is 2.34. The first-order valence-electron chi connectivity index (χ1n) is 4.88. The zero-order valence-corrected chi connectivity index (χ0v) is 11.1. The summed E-state index contributed by atoms with van der Waals surface area (Å²) in [7, 11) is 0. The molecule has 0 radical (unpaired) electrons. The van der Waals surface area contributed by atoms with Crippen molar-refractivity contribution in [3.05, 3.63) is 58.3 Å². The van der Waals surface area contributed by atoms with Gasteiger partial charge < -0.3 is 0 Å². The Hall–Kier alpha value is -1.13. The highest BCUT2D eigenvalue weighted by Crippen LogP contribution is 2.36. The zero-order valence-electron chi connectivity index (χ0n) is 8.69. The minimum absolute atomic E-state index is 0.356. The summed E-state index contributed by atoms with van der Waals surface area (Å²) >= 11 is 4.63. The van der Waals surface area contributed by atoms with E-state index >= 15 is 0 Å². The van der Waals surface area contributed by atoms with Crippen molar-refractivity contribution >= 4 is 34.0 Å². The third kappa shape index (κ3) is 2.76. The summed E-state index contributed by atoms with van der Waals surface area (Å²) in [6, 6.07) is 12.0. The minimum atomic E-state index is -0.379. The van der Waals surface area contributed by atoms with Crippen molar-refractivity contribution in [3.8, 4) is 0 Å². The van der Waals surface area contributed by atoms with Gasteiger partial charge in [-0.15, -0.1) is 0 Å². The highest BCUT2D eigenvalue weighted by molar-refractivity contribution is 9.10. The maximum absolute atomic E-state index is 13.7. The molecule has 0 fully saturated rings. The van der Waals surface area contributed by atoms with Gasteiger partial charge in [-0.25, -0.2) is 4.39 Å². The van der Waals surface area contributed by atoms with Crippen LogP contribution in [0.1, 0.15) is 10.4 Å². The van der Waals surface area contributed by atoms with Crippen LogP contribution in [0, 0.1) is 5.82 Å². The lowest BCUT2D eigenvalue weighted by atomic mass is 10.2. The molecule has 2 aromatic carbocycles. The molecule has 0 aromatic heterocycles. The van der Waals surface area contributed by atoms with E-state index < -0.39 is 0 Å². The Balaban J connectivity index is 2.43. The normalized spacial score (nSPS) is 10.2. The minimum Gasteiger partial charge on any atom is -0.298 e. The van der Waals surface area contributed by atoms with Crippen molar-refractivity contribution < 1.29 is 9.18 Å². The van der Waals surface area contributed by atoms with E-state index in [2.05, 4.69) is 15.9 Å². The Morgan fingerprint density at radius 1 is 1.12 bits per heavy atom. The van der Waals surface area contributed by atoms with E-state index in [1.54, 1.807) is 6.07 Å². The van der Waals surface area contributed by atoms with Crippen molar-refractivity contribution in [2.75, 3.05) is 0 Å². The maximum Gasteiger partial charge on any atom is 0.151 e. The molecule has 0 atom stereocenters. The fourth-order valence-electron chi connectivity index (χ4n) is 1.36. The molecule has 0 unspecified atom stereocenters. The quantitative estimate of drug-likeness (QED) is 0.773. The van der Waals surface area contributed by atoms with Crippen LogP contribution in [-0.2, 0) is 0 Å². The van der Waals surface area contributed by atoms with Gasteiger partial charge in [-0.3, -0.25) is 4.79 Å². The standard InChI is InChI=1S/C13H8BrFOS/c14-10-5-1-2-7-12(10)17-13-9(8-16)4-3-6-11(13)15/h1-8H. The van der Waals surface area contributed by atoms with E-state index in [-0.39, 0.29) is 5.82 Å². The van der Waals surface area contributed by atoms with Gasteiger partial charge in [0.2, 0.25) is 0 Å². The predicted octanol–water partition coefficient (Wildman–Crippen LogP) is 4.55. The van der Waals surface area contributed by atoms with Crippen LogP contribution in [0.4, 0.5) is 4.39 Å². The lowest BCUT2D eigenvalue weighted by Crippen LogP contribution is -1.89. The van der Waals surface area contributed by atoms with E-state index in [4.69, 9.17) is 0 Å². The zero-order chi connectivity index (χ0) is 12.3. The number of hydrogen-bond donors (Lipinski definition) is 0. The molecule has 0 aliphatic carbocycles. The van der Waals surface area contributed by atoms with Crippen LogP contribution < -0.4 is 0 Å². The molecule has 0 N–H and O–H groups in total. The Kier molecular flexibility index (Phi) is 3.97. The van der Waals surface area contributed by atoms with Crippen molar-refractivity contribution in [2.24, 2.45) is 0 Å². The molecular formula is C13H8BrFOS. The van der Waals surface area contributed by atoms with E-state index in [9.17, 15) is 9.18 Å². The highest BCUT2D eigenvalue weighted by Gasteiger charge is 2.10. The smallest absolute Gasteiger partial charge is 0.151 e. The molecule has 0 aliphatic heterocycles. The molecule has 86 valence electrons.